The SMILES string of the molecule is CC1C(=O)SC(=O)N1C(=O)N(c1ccc(Cl)cc1)C1CCCCC1. The van der Waals surface area contributed by atoms with Crippen molar-refractivity contribution < 1.29 is 14.4 Å². The normalized spacial score (nSPS) is 22.1. The number of nitrogens with zero attached hydrogens (tertiary/aromatic N) is 2. The van der Waals surface area contributed by atoms with Gasteiger partial charge in [-0.05, 0) is 44.0 Å². The van der Waals surface area contributed by atoms with Gasteiger partial charge in [0, 0.05) is 28.5 Å². The van der Waals surface area contributed by atoms with Gasteiger partial charge in [-0.1, -0.05) is 30.9 Å². The summed E-state index contributed by atoms with van der Waals surface area (Å²) >= 11 is 6.56. The first-order valence-corrected chi connectivity index (χ1v) is 9.32. The van der Waals surface area contributed by atoms with Gasteiger partial charge in [0.15, 0.2) is 0 Å². The highest BCUT2D eigenvalue weighted by atomic mass is 35.5. The van der Waals surface area contributed by atoms with Gasteiger partial charge in [-0.25, -0.2) is 9.69 Å². The minimum Gasteiger partial charge on any atom is -0.291 e. The van der Waals surface area contributed by atoms with Crippen LogP contribution in [0, 0.1) is 0 Å². The second-order valence-corrected chi connectivity index (χ2v) is 7.55. The summed E-state index contributed by atoms with van der Waals surface area (Å²) < 4.78 is 0. The molecule has 1 atom stereocenters. The monoisotopic (exact) mass is 366 g/mol. The largest absolute Gasteiger partial charge is 0.332 e. The molecular formula is C17H19ClN2O3S. The van der Waals surface area contributed by atoms with E-state index in [2.05, 4.69) is 0 Å². The third-order valence-electron chi connectivity index (χ3n) is 4.57. The van der Waals surface area contributed by atoms with Crippen molar-refractivity contribution in [3.63, 3.8) is 0 Å². The minimum atomic E-state index is -0.728. The van der Waals surface area contributed by atoms with Crippen LogP contribution in [0.15, 0.2) is 24.3 Å². The molecule has 1 heterocycles. The molecule has 0 radical (unpaired) electrons. The van der Waals surface area contributed by atoms with Crippen molar-refractivity contribution in [2.75, 3.05) is 4.90 Å². The fraction of sp³-hybridized carbons (Fsp3) is 0.471. The fourth-order valence-corrected chi connectivity index (χ4v) is 4.17. The molecule has 3 amide bonds. The van der Waals surface area contributed by atoms with Crippen molar-refractivity contribution in [1.82, 2.24) is 4.90 Å². The van der Waals surface area contributed by atoms with Crippen LogP contribution >= 0.6 is 23.4 Å². The Morgan fingerprint density at radius 1 is 1.17 bits per heavy atom. The van der Waals surface area contributed by atoms with Crippen molar-refractivity contribution in [1.29, 1.82) is 0 Å². The van der Waals surface area contributed by atoms with Crippen LogP contribution in [-0.4, -0.2) is 33.4 Å². The van der Waals surface area contributed by atoms with E-state index in [0.717, 1.165) is 37.0 Å². The van der Waals surface area contributed by atoms with Crippen molar-refractivity contribution in [3.05, 3.63) is 29.3 Å². The smallest absolute Gasteiger partial charge is 0.291 e. The highest BCUT2D eigenvalue weighted by Crippen LogP contribution is 2.33. The number of hydrogen-bond acceptors (Lipinski definition) is 4. The summed E-state index contributed by atoms with van der Waals surface area (Å²) in [6.45, 7) is 1.60. The third kappa shape index (κ3) is 3.30. The van der Waals surface area contributed by atoms with E-state index < -0.39 is 17.3 Å². The molecule has 7 heteroatoms. The predicted octanol–water partition coefficient (Wildman–Crippen LogP) is 4.68. The van der Waals surface area contributed by atoms with E-state index in [1.165, 1.54) is 0 Å². The molecule has 0 aromatic heterocycles. The van der Waals surface area contributed by atoms with E-state index in [1.807, 2.05) is 0 Å². The van der Waals surface area contributed by atoms with Crippen LogP contribution < -0.4 is 4.90 Å². The Hall–Kier alpha value is -1.53. The molecule has 1 unspecified atom stereocenters. The average Bonchev–Trinajstić information content (AvgIpc) is 2.83. The Labute approximate surface area is 150 Å². The van der Waals surface area contributed by atoms with Crippen molar-refractivity contribution in [2.24, 2.45) is 0 Å². The maximum atomic E-state index is 13.1. The van der Waals surface area contributed by atoms with Crippen LogP contribution in [0.3, 0.4) is 0 Å². The Kier molecular flexibility index (Phi) is 5.15. The van der Waals surface area contributed by atoms with Crippen LogP contribution in [0.25, 0.3) is 0 Å². The van der Waals surface area contributed by atoms with Crippen molar-refractivity contribution in [2.45, 2.75) is 51.1 Å². The summed E-state index contributed by atoms with van der Waals surface area (Å²) in [6, 6.07) is 5.93. The van der Waals surface area contributed by atoms with Gasteiger partial charge in [0.05, 0.1) is 0 Å². The molecule has 1 aliphatic heterocycles. The third-order valence-corrected chi connectivity index (χ3v) is 5.74. The summed E-state index contributed by atoms with van der Waals surface area (Å²) in [7, 11) is 0. The summed E-state index contributed by atoms with van der Waals surface area (Å²) in [5, 5.41) is -0.188. The number of thioether (sulfide) groups is 1. The molecule has 0 N–H and O–H groups in total. The molecule has 1 aliphatic carbocycles. The van der Waals surface area contributed by atoms with Crippen molar-refractivity contribution >= 4 is 45.4 Å². The molecule has 1 aromatic carbocycles. The predicted molar refractivity (Wildman–Crippen MR) is 95.5 cm³/mol. The summed E-state index contributed by atoms with van der Waals surface area (Å²) in [6.07, 6.45) is 5.06. The molecular weight excluding hydrogens is 348 g/mol. The van der Waals surface area contributed by atoms with Crippen LogP contribution in [0.5, 0.6) is 0 Å². The molecule has 24 heavy (non-hydrogen) atoms. The number of imide groups is 1. The number of halogens is 1. The number of carbonyl (C=O) groups excluding carboxylic acids is 3. The van der Waals surface area contributed by atoms with Gasteiger partial charge in [-0.3, -0.25) is 14.5 Å². The average molecular weight is 367 g/mol. The number of hydrogen-bond donors (Lipinski definition) is 0. The maximum absolute atomic E-state index is 13.1. The number of benzene rings is 1. The Morgan fingerprint density at radius 3 is 2.33 bits per heavy atom. The minimum absolute atomic E-state index is 0.0353. The molecule has 5 nitrogen and oxygen atoms in total. The first-order valence-electron chi connectivity index (χ1n) is 8.12. The lowest BCUT2D eigenvalue weighted by Crippen LogP contribution is -2.51. The van der Waals surface area contributed by atoms with Gasteiger partial charge in [0.2, 0.25) is 5.12 Å². The second-order valence-electron chi connectivity index (χ2n) is 6.15. The quantitative estimate of drug-likeness (QED) is 0.762. The topological polar surface area (TPSA) is 57.7 Å². The Morgan fingerprint density at radius 2 is 1.79 bits per heavy atom. The Balaban J connectivity index is 1.94. The van der Waals surface area contributed by atoms with Crippen LogP contribution in [0.1, 0.15) is 39.0 Å². The summed E-state index contributed by atoms with van der Waals surface area (Å²) in [4.78, 5) is 39.8. The number of carbonyl (C=O) groups is 3. The van der Waals surface area contributed by atoms with Gasteiger partial charge in [0.1, 0.15) is 6.04 Å². The van der Waals surface area contributed by atoms with Gasteiger partial charge in [-0.15, -0.1) is 0 Å². The molecule has 0 bridgehead atoms. The van der Waals surface area contributed by atoms with Gasteiger partial charge in [0.25, 0.3) is 5.24 Å². The Bertz CT molecular complexity index is 658. The number of urea groups is 1. The molecule has 3 rings (SSSR count). The van der Waals surface area contributed by atoms with Crippen LogP contribution in [0.4, 0.5) is 15.3 Å². The summed E-state index contributed by atoms with van der Waals surface area (Å²) in [5.41, 5.74) is 0.709. The van der Waals surface area contributed by atoms with Crippen LogP contribution in [-0.2, 0) is 4.79 Å². The van der Waals surface area contributed by atoms with Crippen LogP contribution in [0.2, 0.25) is 5.02 Å². The zero-order chi connectivity index (χ0) is 17.3. The van der Waals surface area contributed by atoms with E-state index in [0.29, 0.717) is 22.5 Å². The molecule has 1 aromatic rings. The zero-order valence-corrected chi connectivity index (χ0v) is 15.0. The lowest BCUT2D eigenvalue weighted by molar-refractivity contribution is -0.113. The molecule has 1 saturated heterocycles. The fourth-order valence-electron chi connectivity index (χ4n) is 3.26. The van der Waals surface area contributed by atoms with Gasteiger partial charge < -0.3 is 0 Å². The van der Waals surface area contributed by atoms with Crippen molar-refractivity contribution in [3.8, 4) is 0 Å². The van der Waals surface area contributed by atoms with E-state index in [-0.39, 0.29) is 11.2 Å². The molecule has 0 spiro atoms. The number of rotatable bonds is 2. The standard InChI is InChI=1S/C17H19ClN2O3S/c1-11-15(21)24-17(23)19(11)16(22)20(13-5-3-2-4-6-13)14-9-7-12(18)8-10-14/h7-11,13H,2-6H2,1H3. The summed E-state index contributed by atoms with van der Waals surface area (Å²) in [5.74, 6) is 0. The van der Waals surface area contributed by atoms with Gasteiger partial charge >= 0.3 is 6.03 Å². The molecule has 2 aliphatic rings. The maximum Gasteiger partial charge on any atom is 0.332 e. The number of anilines is 1. The van der Waals surface area contributed by atoms with E-state index in [9.17, 15) is 14.4 Å². The first kappa shape index (κ1) is 17.3. The van der Waals surface area contributed by atoms with E-state index in [1.54, 1.807) is 36.1 Å². The van der Waals surface area contributed by atoms with E-state index in [4.69, 9.17) is 11.6 Å². The highest BCUT2D eigenvalue weighted by Gasteiger charge is 2.44. The zero-order valence-electron chi connectivity index (χ0n) is 13.4. The lowest BCUT2D eigenvalue weighted by atomic mass is 9.94. The van der Waals surface area contributed by atoms with Gasteiger partial charge in [-0.2, -0.15) is 0 Å². The second kappa shape index (κ2) is 7.15. The highest BCUT2D eigenvalue weighted by molar-refractivity contribution is 8.26. The lowest BCUT2D eigenvalue weighted by Gasteiger charge is -2.36. The first-order chi connectivity index (χ1) is 11.5. The molecule has 1 saturated carbocycles. The van der Waals surface area contributed by atoms with E-state index >= 15 is 0 Å². The molecule has 2 fully saturated rings. The molecule has 128 valence electrons. The number of amides is 3.